The maximum absolute atomic E-state index is 12.3. The molecule has 27 heavy (non-hydrogen) atoms. The zero-order valence-electron chi connectivity index (χ0n) is 15.8. The lowest BCUT2D eigenvalue weighted by Crippen LogP contribution is -2.38. The van der Waals surface area contributed by atoms with Crippen LogP contribution in [-0.4, -0.2) is 48.1 Å². The van der Waals surface area contributed by atoms with Gasteiger partial charge < -0.3 is 14.7 Å². The third-order valence-electron chi connectivity index (χ3n) is 5.02. The van der Waals surface area contributed by atoms with Crippen LogP contribution in [0.25, 0.3) is 0 Å². The molecule has 0 amide bonds. The molecule has 1 atom stereocenters. The van der Waals surface area contributed by atoms with Gasteiger partial charge in [-0.25, -0.2) is 0 Å². The molecule has 1 fully saturated rings. The van der Waals surface area contributed by atoms with Gasteiger partial charge in [0.2, 0.25) is 0 Å². The summed E-state index contributed by atoms with van der Waals surface area (Å²) in [6, 6.07) is 17.3. The highest BCUT2D eigenvalue weighted by Crippen LogP contribution is 2.15. The topological polar surface area (TPSA) is 49.8 Å². The Morgan fingerprint density at radius 1 is 1.00 bits per heavy atom. The van der Waals surface area contributed by atoms with Gasteiger partial charge in [0, 0.05) is 18.5 Å². The number of Topliss-reactive ketones (excluding diaryl/α,β-unsaturated/α-hetero) is 1. The molecule has 0 aromatic heterocycles. The molecule has 0 spiro atoms. The molecule has 2 aromatic rings. The molecule has 0 aliphatic carbocycles. The number of hydrogen-bond donors (Lipinski definition) is 1. The van der Waals surface area contributed by atoms with Gasteiger partial charge in [0.05, 0.1) is 0 Å². The van der Waals surface area contributed by atoms with Crippen molar-refractivity contribution in [2.75, 3.05) is 26.2 Å². The van der Waals surface area contributed by atoms with Crippen molar-refractivity contribution in [3.8, 4) is 5.75 Å². The van der Waals surface area contributed by atoms with Gasteiger partial charge in [0.25, 0.3) is 0 Å². The van der Waals surface area contributed by atoms with Crippen molar-refractivity contribution in [2.45, 2.75) is 38.2 Å². The van der Waals surface area contributed by atoms with E-state index in [0.29, 0.717) is 24.3 Å². The van der Waals surface area contributed by atoms with Crippen LogP contribution in [0.5, 0.6) is 5.75 Å². The second-order valence-electron chi connectivity index (χ2n) is 7.26. The fraction of sp³-hybridized carbons (Fsp3) is 0.435. The van der Waals surface area contributed by atoms with E-state index < -0.39 is 6.10 Å². The molecule has 1 N–H and O–H groups in total. The number of piperidine rings is 1. The monoisotopic (exact) mass is 367 g/mol. The second-order valence-corrected chi connectivity index (χ2v) is 7.26. The number of likely N-dealkylation sites (tertiary alicyclic amines) is 1. The van der Waals surface area contributed by atoms with Crippen molar-refractivity contribution in [3.63, 3.8) is 0 Å². The molecular formula is C23H29NO3. The van der Waals surface area contributed by atoms with Crippen molar-refractivity contribution >= 4 is 5.78 Å². The number of aliphatic hydroxyl groups excluding tert-OH is 1. The molecule has 1 saturated heterocycles. The predicted molar refractivity (Wildman–Crippen MR) is 107 cm³/mol. The molecule has 0 radical (unpaired) electrons. The Morgan fingerprint density at radius 3 is 2.41 bits per heavy atom. The summed E-state index contributed by atoms with van der Waals surface area (Å²) in [7, 11) is 0. The van der Waals surface area contributed by atoms with E-state index in [-0.39, 0.29) is 12.4 Å². The molecule has 0 saturated carbocycles. The van der Waals surface area contributed by atoms with E-state index in [0.717, 1.165) is 19.5 Å². The number of hydrogen-bond acceptors (Lipinski definition) is 4. The van der Waals surface area contributed by atoms with Crippen LogP contribution in [0.3, 0.4) is 0 Å². The number of aliphatic hydroxyl groups is 1. The van der Waals surface area contributed by atoms with Gasteiger partial charge in [-0.3, -0.25) is 4.79 Å². The lowest BCUT2D eigenvalue weighted by Gasteiger charge is -2.28. The van der Waals surface area contributed by atoms with Crippen LogP contribution >= 0.6 is 0 Å². The summed E-state index contributed by atoms with van der Waals surface area (Å²) in [5, 5.41) is 10.2. The van der Waals surface area contributed by atoms with Crippen molar-refractivity contribution in [1.29, 1.82) is 0 Å². The molecule has 0 bridgehead atoms. The van der Waals surface area contributed by atoms with Gasteiger partial charge in [0.15, 0.2) is 5.78 Å². The summed E-state index contributed by atoms with van der Waals surface area (Å²) in [4.78, 5) is 14.6. The van der Waals surface area contributed by atoms with E-state index in [1.54, 1.807) is 12.1 Å². The van der Waals surface area contributed by atoms with Crippen molar-refractivity contribution in [3.05, 3.63) is 65.7 Å². The van der Waals surface area contributed by atoms with Gasteiger partial charge in [-0.1, -0.05) is 36.8 Å². The normalized spacial score (nSPS) is 16.0. The number of aryl methyl sites for hydroxylation is 1. The molecule has 4 nitrogen and oxygen atoms in total. The summed E-state index contributed by atoms with van der Waals surface area (Å²) in [6.45, 7) is 3.07. The van der Waals surface area contributed by atoms with E-state index in [2.05, 4.69) is 4.90 Å². The van der Waals surface area contributed by atoms with Gasteiger partial charge in [-0.05, 0) is 62.2 Å². The lowest BCUT2D eigenvalue weighted by molar-refractivity contribution is 0.0617. The number of β-amino-alcohol motifs (C(OH)–C–C–N with tert-alkyl or cyclic N) is 1. The summed E-state index contributed by atoms with van der Waals surface area (Å²) in [6.07, 6.45) is 4.48. The minimum absolute atomic E-state index is 0.135. The zero-order valence-corrected chi connectivity index (χ0v) is 15.8. The van der Waals surface area contributed by atoms with Crippen LogP contribution in [0.2, 0.25) is 0 Å². The van der Waals surface area contributed by atoms with E-state index in [1.165, 1.54) is 24.8 Å². The SMILES string of the molecule is O=C(CCc1ccccc1)c1ccc(OC[C@H](O)CN2CCCCC2)cc1. The van der Waals surface area contributed by atoms with Gasteiger partial charge in [-0.15, -0.1) is 0 Å². The third kappa shape index (κ3) is 6.49. The fourth-order valence-corrected chi connectivity index (χ4v) is 3.47. The summed E-state index contributed by atoms with van der Waals surface area (Å²) < 4.78 is 5.69. The molecule has 1 aliphatic rings. The van der Waals surface area contributed by atoms with E-state index >= 15 is 0 Å². The Labute approximate surface area is 161 Å². The second kappa shape index (κ2) is 10.2. The summed E-state index contributed by atoms with van der Waals surface area (Å²) >= 11 is 0. The fourth-order valence-electron chi connectivity index (χ4n) is 3.47. The Kier molecular flexibility index (Phi) is 7.43. The number of carbonyl (C=O) groups is 1. The van der Waals surface area contributed by atoms with Crippen LogP contribution in [0.1, 0.15) is 41.6 Å². The molecule has 0 unspecified atom stereocenters. The number of nitrogens with zero attached hydrogens (tertiary/aromatic N) is 1. The maximum Gasteiger partial charge on any atom is 0.163 e. The quantitative estimate of drug-likeness (QED) is 0.686. The summed E-state index contributed by atoms with van der Waals surface area (Å²) in [5.41, 5.74) is 1.88. The van der Waals surface area contributed by atoms with Crippen LogP contribution in [0.15, 0.2) is 54.6 Å². The highest BCUT2D eigenvalue weighted by atomic mass is 16.5. The maximum atomic E-state index is 12.3. The Bertz CT molecular complexity index is 693. The van der Waals surface area contributed by atoms with Crippen LogP contribution in [0.4, 0.5) is 0 Å². The molecule has 1 heterocycles. The smallest absolute Gasteiger partial charge is 0.163 e. The molecule has 3 rings (SSSR count). The largest absolute Gasteiger partial charge is 0.491 e. The van der Waals surface area contributed by atoms with Crippen molar-refractivity contribution < 1.29 is 14.6 Å². The minimum atomic E-state index is -0.490. The molecule has 2 aromatic carbocycles. The number of ether oxygens (including phenoxy) is 1. The van der Waals surface area contributed by atoms with Gasteiger partial charge in [0.1, 0.15) is 18.5 Å². The van der Waals surface area contributed by atoms with Crippen LogP contribution in [0, 0.1) is 0 Å². The average Bonchev–Trinajstić information content (AvgIpc) is 2.72. The first-order valence-corrected chi connectivity index (χ1v) is 9.91. The van der Waals surface area contributed by atoms with E-state index in [9.17, 15) is 9.90 Å². The van der Waals surface area contributed by atoms with Crippen LogP contribution in [-0.2, 0) is 6.42 Å². The first-order chi connectivity index (χ1) is 13.2. The highest BCUT2D eigenvalue weighted by molar-refractivity contribution is 5.96. The number of ketones is 1. The predicted octanol–water partition coefficient (Wildman–Crippen LogP) is 3.73. The standard InChI is InChI=1S/C23H29NO3/c25-21(17-24-15-5-2-6-16-24)18-27-22-12-10-20(11-13-22)23(26)14-9-19-7-3-1-4-8-19/h1,3-4,7-8,10-13,21,25H,2,5-6,9,14-18H2/t21-/m1/s1. The Morgan fingerprint density at radius 2 is 1.70 bits per heavy atom. The Balaban J connectivity index is 1.41. The number of rotatable bonds is 9. The van der Waals surface area contributed by atoms with Gasteiger partial charge >= 0.3 is 0 Å². The average molecular weight is 367 g/mol. The van der Waals surface area contributed by atoms with Crippen molar-refractivity contribution in [1.82, 2.24) is 4.90 Å². The molecular weight excluding hydrogens is 338 g/mol. The van der Waals surface area contributed by atoms with Crippen LogP contribution < -0.4 is 4.74 Å². The highest BCUT2D eigenvalue weighted by Gasteiger charge is 2.15. The number of benzene rings is 2. The molecule has 1 aliphatic heterocycles. The Hall–Kier alpha value is -2.17. The third-order valence-corrected chi connectivity index (χ3v) is 5.02. The summed E-state index contributed by atoms with van der Waals surface area (Å²) in [5.74, 6) is 0.822. The molecule has 4 heteroatoms. The zero-order chi connectivity index (χ0) is 18.9. The van der Waals surface area contributed by atoms with Gasteiger partial charge in [-0.2, -0.15) is 0 Å². The van der Waals surface area contributed by atoms with Crippen molar-refractivity contribution in [2.24, 2.45) is 0 Å². The minimum Gasteiger partial charge on any atom is -0.491 e. The first-order valence-electron chi connectivity index (χ1n) is 9.91. The van der Waals surface area contributed by atoms with E-state index in [4.69, 9.17) is 4.74 Å². The lowest BCUT2D eigenvalue weighted by atomic mass is 10.0. The number of carbonyl (C=O) groups excluding carboxylic acids is 1. The molecule has 144 valence electrons. The van der Waals surface area contributed by atoms with E-state index in [1.807, 2.05) is 42.5 Å². The first kappa shape index (κ1) is 19.6.